The quantitative estimate of drug-likeness (QED) is 0.211. The molecule has 0 radical (unpaired) electrons. The Bertz CT molecular complexity index is 615. The predicted molar refractivity (Wildman–Crippen MR) is 106 cm³/mol. The van der Waals surface area contributed by atoms with Crippen molar-refractivity contribution in [1.82, 2.24) is 10.6 Å². The summed E-state index contributed by atoms with van der Waals surface area (Å²) < 4.78 is 0. The van der Waals surface area contributed by atoms with Crippen LogP contribution in [0.2, 0.25) is 0 Å². The average molecular weight is 397 g/mol. The second-order valence-electron chi connectivity index (χ2n) is 6.22. The number of carboxylic acids is 1. The largest absolute Gasteiger partial charge is 0.480 e. The molecule has 0 heterocycles. The van der Waals surface area contributed by atoms with Crippen LogP contribution in [0.1, 0.15) is 24.8 Å². The molecule has 7 N–H and O–H groups in total. The van der Waals surface area contributed by atoms with Crippen molar-refractivity contribution >= 4 is 30.4 Å². The van der Waals surface area contributed by atoms with Gasteiger partial charge in [-0.25, -0.2) is 4.79 Å². The van der Waals surface area contributed by atoms with Crippen LogP contribution >= 0.6 is 12.6 Å². The Labute approximate surface area is 164 Å². The summed E-state index contributed by atoms with van der Waals surface area (Å²) in [5.74, 6) is -2.08. The third-order valence-electron chi connectivity index (χ3n) is 4.01. The lowest BCUT2D eigenvalue weighted by Crippen LogP contribution is -2.55. The molecule has 0 aliphatic rings. The summed E-state index contributed by atoms with van der Waals surface area (Å²) in [5.41, 5.74) is 11.9. The van der Waals surface area contributed by atoms with E-state index < -0.39 is 35.9 Å². The highest BCUT2D eigenvalue weighted by molar-refractivity contribution is 7.80. The number of nitrogens with one attached hydrogen (secondary N) is 2. The zero-order valence-electron chi connectivity index (χ0n) is 15.1. The number of benzene rings is 1. The van der Waals surface area contributed by atoms with Crippen molar-refractivity contribution in [3.05, 3.63) is 35.9 Å². The summed E-state index contributed by atoms with van der Waals surface area (Å²) in [6.07, 6.45) is 1.78. The van der Waals surface area contributed by atoms with Gasteiger partial charge in [-0.3, -0.25) is 9.59 Å². The molecule has 0 bridgehead atoms. The van der Waals surface area contributed by atoms with Crippen molar-refractivity contribution in [3.63, 3.8) is 0 Å². The fraction of sp³-hybridized carbons (Fsp3) is 0.500. The minimum Gasteiger partial charge on any atom is -0.480 e. The number of carboxylic acid groups (broad SMARTS) is 1. The zero-order chi connectivity index (χ0) is 20.2. The van der Waals surface area contributed by atoms with E-state index in [1.165, 1.54) is 0 Å². The van der Waals surface area contributed by atoms with Crippen molar-refractivity contribution in [1.29, 1.82) is 0 Å². The molecule has 0 aromatic heterocycles. The lowest BCUT2D eigenvalue weighted by atomic mass is 10.0. The van der Waals surface area contributed by atoms with E-state index in [-0.39, 0.29) is 12.2 Å². The molecule has 1 aromatic rings. The van der Waals surface area contributed by atoms with E-state index in [0.717, 1.165) is 5.56 Å². The molecule has 1 aromatic carbocycles. The van der Waals surface area contributed by atoms with Gasteiger partial charge in [-0.05, 0) is 31.4 Å². The second kappa shape index (κ2) is 12.3. The minimum atomic E-state index is -1.15. The molecule has 0 aliphatic heterocycles. The molecule has 0 unspecified atom stereocenters. The number of unbranched alkanes of at least 4 members (excludes halogenated alkanes) is 1. The van der Waals surface area contributed by atoms with E-state index in [9.17, 15) is 19.5 Å². The highest BCUT2D eigenvalue weighted by Gasteiger charge is 2.27. The van der Waals surface area contributed by atoms with Gasteiger partial charge in [0.1, 0.15) is 12.1 Å². The number of amides is 2. The third kappa shape index (κ3) is 8.42. The van der Waals surface area contributed by atoms with Crippen molar-refractivity contribution in [3.8, 4) is 0 Å². The predicted octanol–water partition coefficient (Wildman–Crippen LogP) is -0.331. The van der Waals surface area contributed by atoms with Crippen molar-refractivity contribution in [2.45, 2.75) is 43.8 Å². The Morgan fingerprint density at radius 1 is 1.04 bits per heavy atom. The lowest BCUT2D eigenvalue weighted by Gasteiger charge is -2.22. The van der Waals surface area contributed by atoms with Gasteiger partial charge in [0.05, 0.1) is 6.04 Å². The molecular weight excluding hydrogens is 368 g/mol. The van der Waals surface area contributed by atoms with E-state index in [2.05, 4.69) is 23.3 Å². The molecule has 0 saturated heterocycles. The molecule has 0 saturated carbocycles. The summed E-state index contributed by atoms with van der Waals surface area (Å²) in [7, 11) is 0. The number of hydrogen-bond donors (Lipinski definition) is 6. The first-order chi connectivity index (χ1) is 12.9. The topological polar surface area (TPSA) is 148 Å². The van der Waals surface area contributed by atoms with Gasteiger partial charge in [-0.2, -0.15) is 12.6 Å². The van der Waals surface area contributed by atoms with Crippen LogP contribution in [-0.2, 0) is 20.8 Å². The molecule has 150 valence electrons. The van der Waals surface area contributed by atoms with Crippen LogP contribution in [0.3, 0.4) is 0 Å². The van der Waals surface area contributed by atoms with Crippen LogP contribution in [0.15, 0.2) is 30.3 Å². The van der Waals surface area contributed by atoms with Crippen LogP contribution in [0.25, 0.3) is 0 Å². The molecule has 2 amide bonds. The van der Waals surface area contributed by atoms with Gasteiger partial charge in [0, 0.05) is 12.2 Å². The van der Waals surface area contributed by atoms with E-state index in [1.807, 2.05) is 6.07 Å². The Morgan fingerprint density at radius 2 is 1.67 bits per heavy atom. The smallest absolute Gasteiger partial charge is 0.326 e. The fourth-order valence-electron chi connectivity index (χ4n) is 2.45. The molecule has 3 atom stereocenters. The molecule has 0 aliphatic carbocycles. The van der Waals surface area contributed by atoms with Crippen LogP contribution in [0, 0.1) is 0 Å². The van der Waals surface area contributed by atoms with Gasteiger partial charge in [-0.15, -0.1) is 0 Å². The summed E-state index contributed by atoms with van der Waals surface area (Å²) in [6, 6.07) is 6.15. The van der Waals surface area contributed by atoms with E-state index in [0.29, 0.717) is 25.8 Å². The fourth-order valence-corrected chi connectivity index (χ4v) is 2.61. The normalized spacial score (nSPS) is 14.0. The zero-order valence-corrected chi connectivity index (χ0v) is 16.0. The number of rotatable bonds is 12. The number of nitrogens with two attached hydrogens (primary N) is 2. The highest BCUT2D eigenvalue weighted by Crippen LogP contribution is 2.06. The molecule has 0 fully saturated rings. The lowest BCUT2D eigenvalue weighted by molar-refractivity contribution is -0.142. The number of carbonyl (C=O) groups excluding carboxylic acids is 2. The SMILES string of the molecule is NCCCC[C@H](NC(=O)[C@@H](N)CS)C(=O)N[C@@H](Cc1ccccc1)C(=O)O. The van der Waals surface area contributed by atoms with Crippen molar-refractivity contribution < 1.29 is 19.5 Å². The van der Waals surface area contributed by atoms with Gasteiger partial charge < -0.3 is 27.2 Å². The van der Waals surface area contributed by atoms with E-state index >= 15 is 0 Å². The maximum absolute atomic E-state index is 12.6. The molecule has 1 rings (SSSR count). The number of thiol groups is 1. The minimum absolute atomic E-state index is 0.134. The first-order valence-electron chi connectivity index (χ1n) is 8.83. The second-order valence-corrected chi connectivity index (χ2v) is 6.59. The Balaban J connectivity index is 2.80. The Morgan fingerprint density at radius 3 is 2.22 bits per heavy atom. The van der Waals surface area contributed by atoms with Gasteiger partial charge in [0.25, 0.3) is 0 Å². The third-order valence-corrected chi connectivity index (χ3v) is 4.40. The van der Waals surface area contributed by atoms with Crippen LogP contribution in [-0.4, -0.2) is 53.3 Å². The van der Waals surface area contributed by atoms with Gasteiger partial charge in [0.2, 0.25) is 11.8 Å². The summed E-state index contributed by atoms with van der Waals surface area (Å²) in [4.78, 5) is 36.2. The molecule has 8 nitrogen and oxygen atoms in total. The first-order valence-corrected chi connectivity index (χ1v) is 9.46. The number of hydrogen-bond acceptors (Lipinski definition) is 6. The Hall–Kier alpha value is -2.10. The van der Waals surface area contributed by atoms with E-state index in [1.54, 1.807) is 24.3 Å². The number of aliphatic carboxylic acids is 1. The van der Waals surface area contributed by atoms with Crippen LogP contribution in [0.4, 0.5) is 0 Å². The Kier molecular flexibility index (Phi) is 10.5. The molecule has 27 heavy (non-hydrogen) atoms. The van der Waals surface area contributed by atoms with Gasteiger partial charge in [-0.1, -0.05) is 30.3 Å². The van der Waals surface area contributed by atoms with Gasteiger partial charge in [0.15, 0.2) is 0 Å². The van der Waals surface area contributed by atoms with Crippen molar-refractivity contribution in [2.24, 2.45) is 11.5 Å². The first kappa shape index (κ1) is 22.9. The maximum Gasteiger partial charge on any atom is 0.326 e. The number of carbonyl (C=O) groups is 3. The average Bonchev–Trinajstić information content (AvgIpc) is 2.66. The van der Waals surface area contributed by atoms with Crippen LogP contribution < -0.4 is 22.1 Å². The van der Waals surface area contributed by atoms with Gasteiger partial charge >= 0.3 is 5.97 Å². The monoisotopic (exact) mass is 396 g/mol. The maximum atomic E-state index is 12.6. The summed E-state index contributed by atoms with van der Waals surface area (Å²) in [5, 5.41) is 14.5. The molecule has 9 heteroatoms. The summed E-state index contributed by atoms with van der Waals surface area (Å²) in [6.45, 7) is 0.462. The summed E-state index contributed by atoms with van der Waals surface area (Å²) >= 11 is 3.97. The van der Waals surface area contributed by atoms with E-state index in [4.69, 9.17) is 11.5 Å². The van der Waals surface area contributed by atoms with Crippen molar-refractivity contribution in [2.75, 3.05) is 12.3 Å². The molecule has 0 spiro atoms. The standard InChI is InChI=1S/C18H28N4O4S/c19-9-5-4-8-14(21-16(23)13(20)11-27)17(24)22-15(18(25)26)10-12-6-2-1-3-7-12/h1-3,6-7,13-15,27H,4-5,8-11,19-20H2,(H,21,23)(H,22,24)(H,25,26)/t13-,14-,15-/m0/s1. The van der Waals surface area contributed by atoms with Crippen LogP contribution in [0.5, 0.6) is 0 Å². The highest BCUT2D eigenvalue weighted by atomic mass is 32.1. The molecular formula is C18H28N4O4S.